The Labute approximate surface area is 167 Å². The van der Waals surface area contributed by atoms with Crippen molar-refractivity contribution in [3.63, 3.8) is 0 Å². The Morgan fingerprint density at radius 1 is 1.11 bits per heavy atom. The fourth-order valence-electron chi connectivity index (χ4n) is 4.34. The van der Waals surface area contributed by atoms with Crippen LogP contribution in [0.2, 0.25) is 0 Å². The first-order valence-corrected chi connectivity index (χ1v) is 10.3. The smallest absolute Gasteiger partial charge is 0.0649 e. The molecule has 2 aromatic heterocycles. The van der Waals surface area contributed by atoms with Crippen LogP contribution in [0.5, 0.6) is 0 Å². The molecule has 148 valence electrons. The summed E-state index contributed by atoms with van der Waals surface area (Å²) in [7, 11) is 0. The van der Waals surface area contributed by atoms with Crippen LogP contribution in [-0.4, -0.2) is 19.6 Å². The zero-order valence-electron chi connectivity index (χ0n) is 17.7. The van der Waals surface area contributed by atoms with Gasteiger partial charge in [0.2, 0.25) is 0 Å². The molecule has 0 unspecified atom stereocenters. The van der Waals surface area contributed by atoms with Crippen molar-refractivity contribution < 1.29 is 0 Å². The van der Waals surface area contributed by atoms with E-state index in [4.69, 9.17) is 5.10 Å². The van der Waals surface area contributed by atoms with Gasteiger partial charge in [0.05, 0.1) is 18.1 Å². The van der Waals surface area contributed by atoms with Gasteiger partial charge in [-0.3, -0.25) is 4.68 Å². The summed E-state index contributed by atoms with van der Waals surface area (Å²) in [6.45, 7) is 12.9. The third kappa shape index (κ3) is 3.51. The van der Waals surface area contributed by atoms with Gasteiger partial charge in [0.1, 0.15) is 0 Å². The number of aromatic nitrogens is 4. The number of nitrogens with one attached hydrogen (secondary N) is 1. The molecule has 1 atom stereocenters. The second kappa shape index (κ2) is 7.21. The Hall–Kier alpha value is -2.40. The summed E-state index contributed by atoms with van der Waals surface area (Å²) in [6.07, 6.45) is 6.21. The van der Waals surface area contributed by atoms with E-state index in [1.165, 1.54) is 28.1 Å². The van der Waals surface area contributed by atoms with E-state index in [2.05, 4.69) is 84.9 Å². The molecule has 0 fully saturated rings. The SMILES string of the molecule is CCn1ncc(CN[C@H]2CC(C)(C)Cc3c2cnn3-c2ccc(C)cc2)c1C. The van der Waals surface area contributed by atoms with Gasteiger partial charge >= 0.3 is 0 Å². The lowest BCUT2D eigenvalue weighted by atomic mass is 9.74. The number of fused-ring (bicyclic) bond motifs is 1. The van der Waals surface area contributed by atoms with Gasteiger partial charge in [-0.2, -0.15) is 10.2 Å². The van der Waals surface area contributed by atoms with Crippen LogP contribution < -0.4 is 5.32 Å². The van der Waals surface area contributed by atoms with Gasteiger partial charge in [-0.1, -0.05) is 31.5 Å². The maximum Gasteiger partial charge on any atom is 0.0649 e. The fraction of sp³-hybridized carbons (Fsp3) is 0.478. The van der Waals surface area contributed by atoms with Gasteiger partial charge in [0, 0.05) is 41.6 Å². The quantitative estimate of drug-likeness (QED) is 0.712. The molecule has 2 heterocycles. The van der Waals surface area contributed by atoms with Crippen molar-refractivity contribution in [2.24, 2.45) is 5.41 Å². The van der Waals surface area contributed by atoms with E-state index < -0.39 is 0 Å². The second-order valence-corrected chi connectivity index (χ2v) is 8.84. The molecule has 4 rings (SSSR count). The lowest BCUT2D eigenvalue weighted by Crippen LogP contribution is -2.33. The predicted molar refractivity (Wildman–Crippen MR) is 113 cm³/mol. The molecule has 1 aliphatic carbocycles. The van der Waals surface area contributed by atoms with Crippen molar-refractivity contribution in [3.05, 3.63) is 64.7 Å². The Balaban J connectivity index is 1.62. The molecule has 1 aliphatic rings. The molecule has 5 nitrogen and oxygen atoms in total. The lowest BCUT2D eigenvalue weighted by molar-refractivity contribution is 0.252. The first kappa shape index (κ1) is 18.9. The van der Waals surface area contributed by atoms with Crippen molar-refractivity contribution >= 4 is 0 Å². The van der Waals surface area contributed by atoms with Gasteiger partial charge in [0.15, 0.2) is 0 Å². The van der Waals surface area contributed by atoms with E-state index in [1.54, 1.807) is 0 Å². The van der Waals surface area contributed by atoms with Crippen molar-refractivity contribution in [2.75, 3.05) is 0 Å². The predicted octanol–water partition coefficient (Wildman–Crippen LogP) is 4.51. The summed E-state index contributed by atoms with van der Waals surface area (Å²) in [4.78, 5) is 0. The van der Waals surface area contributed by atoms with E-state index >= 15 is 0 Å². The Bertz CT molecular complexity index is 962. The second-order valence-electron chi connectivity index (χ2n) is 8.84. The van der Waals surface area contributed by atoms with Gasteiger partial charge in [-0.15, -0.1) is 0 Å². The number of nitrogens with zero attached hydrogens (tertiary/aromatic N) is 4. The molecule has 28 heavy (non-hydrogen) atoms. The van der Waals surface area contributed by atoms with E-state index in [-0.39, 0.29) is 5.41 Å². The average Bonchev–Trinajstić information content (AvgIpc) is 3.23. The minimum absolute atomic E-state index is 0.232. The molecular weight excluding hydrogens is 346 g/mol. The molecular formula is C23H31N5. The Kier molecular flexibility index (Phi) is 4.88. The molecule has 0 radical (unpaired) electrons. The minimum atomic E-state index is 0.232. The van der Waals surface area contributed by atoms with Crippen LogP contribution in [0.3, 0.4) is 0 Å². The van der Waals surface area contributed by atoms with E-state index in [0.717, 1.165) is 31.6 Å². The number of rotatable bonds is 5. The zero-order valence-corrected chi connectivity index (χ0v) is 17.7. The molecule has 0 saturated carbocycles. The molecule has 0 bridgehead atoms. The standard InChI is InChI=1S/C23H31N5/c1-6-27-17(3)18(14-25-27)13-24-21-11-23(4,5)12-22-20(21)15-26-28(22)19-9-7-16(2)8-10-19/h7-10,14-15,21,24H,6,11-13H2,1-5H3/t21-/m0/s1. The minimum Gasteiger partial charge on any atom is -0.306 e. The van der Waals surface area contributed by atoms with E-state index in [1.807, 2.05) is 6.20 Å². The lowest BCUT2D eigenvalue weighted by Gasteiger charge is -2.36. The maximum atomic E-state index is 4.76. The molecule has 5 heteroatoms. The van der Waals surface area contributed by atoms with Crippen LogP contribution in [0.25, 0.3) is 5.69 Å². The number of benzene rings is 1. The highest BCUT2D eigenvalue weighted by Gasteiger charge is 2.35. The van der Waals surface area contributed by atoms with E-state index in [9.17, 15) is 0 Å². The highest BCUT2D eigenvalue weighted by molar-refractivity contribution is 5.39. The highest BCUT2D eigenvalue weighted by Crippen LogP contribution is 2.41. The summed E-state index contributed by atoms with van der Waals surface area (Å²) in [5, 5.41) is 13.0. The van der Waals surface area contributed by atoms with Crippen molar-refractivity contribution in [1.82, 2.24) is 24.9 Å². The third-order valence-electron chi connectivity index (χ3n) is 6.00. The normalized spacial score (nSPS) is 18.2. The van der Waals surface area contributed by atoms with Crippen molar-refractivity contribution in [2.45, 2.75) is 66.6 Å². The van der Waals surface area contributed by atoms with Crippen LogP contribution in [0.15, 0.2) is 36.7 Å². The Morgan fingerprint density at radius 3 is 2.54 bits per heavy atom. The molecule has 0 amide bonds. The molecule has 0 aliphatic heterocycles. The summed E-state index contributed by atoms with van der Waals surface area (Å²) >= 11 is 0. The van der Waals surface area contributed by atoms with Crippen LogP contribution in [0.4, 0.5) is 0 Å². The van der Waals surface area contributed by atoms with E-state index in [0.29, 0.717) is 6.04 Å². The van der Waals surface area contributed by atoms with Crippen LogP contribution in [0.1, 0.15) is 61.3 Å². The van der Waals surface area contributed by atoms with Crippen LogP contribution >= 0.6 is 0 Å². The number of hydrogen-bond donors (Lipinski definition) is 1. The fourth-order valence-corrected chi connectivity index (χ4v) is 4.34. The molecule has 1 aromatic carbocycles. The largest absolute Gasteiger partial charge is 0.306 e. The monoisotopic (exact) mass is 377 g/mol. The number of aryl methyl sites for hydroxylation is 2. The van der Waals surface area contributed by atoms with Crippen LogP contribution in [0, 0.1) is 19.3 Å². The summed E-state index contributed by atoms with van der Waals surface area (Å²) in [5.74, 6) is 0. The third-order valence-corrected chi connectivity index (χ3v) is 6.00. The summed E-state index contributed by atoms with van der Waals surface area (Å²) in [5.41, 5.74) is 7.84. The van der Waals surface area contributed by atoms with Crippen LogP contribution in [-0.2, 0) is 19.5 Å². The highest BCUT2D eigenvalue weighted by atomic mass is 15.3. The number of hydrogen-bond acceptors (Lipinski definition) is 3. The van der Waals surface area contributed by atoms with Gasteiger partial charge < -0.3 is 5.32 Å². The molecule has 0 saturated heterocycles. The van der Waals surface area contributed by atoms with Gasteiger partial charge in [0.25, 0.3) is 0 Å². The van der Waals surface area contributed by atoms with Crippen molar-refractivity contribution in [1.29, 1.82) is 0 Å². The first-order chi connectivity index (χ1) is 13.4. The zero-order chi connectivity index (χ0) is 19.9. The molecule has 3 aromatic rings. The topological polar surface area (TPSA) is 47.7 Å². The molecule has 1 N–H and O–H groups in total. The summed E-state index contributed by atoms with van der Waals surface area (Å²) < 4.78 is 4.19. The maximum absolute atomic E-state index is 4.76. The van der Waals surface area contributed by atoms with Gasteiger partial charge in [-0.05, 0) is 51.2 Å². The molecule has 0 spiro atoms. The average molecular weight is 378 g/mol. The Morgan fingerprint density at radius 2 is 1.86 bits per heavy atom. The van der Waals surface area contributed by atoms with Gasteiger partial charge in [-0.25, -0.2) is 4.68 Å². The summed E-state index contributed by atoms with van der Waals surface area (Å²) in [6, 6.07) is 8.94. The van der Waals surface area contributed by atoms with Crippen molar-refractivity contribution in [3.8, 4) is 5.69 Å². The first-order valence-electron chi connectivity index (χ1n) is 10.3.